The van der Waals surface area contributed by atoms with Crippen molar-refractivity contribution in [1.29, 1.82) is 5.41 Å². The lowest BCUT2D eigenvalue weighted by Crippen LogP contribution is -2.49. The third-order valence-corrected chi connectivity index (χ3v) is 7.77. The highest BCUT2D eigenvalue weighted by molar-refractivity contribution is 9.10. The van der Waals surface area contributed by atoms with Gasteiger partial charge in [0.2, 0.25) is 0 Å². The van der Waals surface area contributed by atoms with Crippen LogP contribution in [0.15, 0.2) is 28.9 Å². The zero-order chi connectivity index (χ0) is 24.4. The van der Waals surface area contributed by atoms with Crippen molar-refractivity contribution in [2.24, 2.45) is 5.92 Å². The summed E-state index contributed by atoms with van der Waals surface area (Å²) in [7, 11) is 0. The quantitative estimate of drug-likeness (QED) is 0.353. The smallest absolute Gasteiger partial charge is 0.354 e. The number of carbonyl (C=O) groups is 1. The Balaban J connectivity index is 1.49. The monoisotopic (exact) mass is 542 g/mol. The van der Waals surface area contributed by atoms with Crippen LogP contribution >= 0.6 is 15.9 Å². The van der Waals surface area contributed by atoms with Crippen LogP contribution in [0.25, 0.3) is 0 Å². The van der Waals surface area contributed by atoms with E-state index in [1.807, 2.05) is 18.2 Å². The molecule has 0 atom stereocenters. The predicted octanol–water partition coefficient (Wildman–Crippen LogP) is 4.15. The number of halogens is 1. The number of rotatable bonds is 7. The topological polar surface area (TPSA) is 115 Å². The largest absolute Gasteiger partial charge is 0.477 e. The first-order chi connectivity index (χ1) is 17.0. The van der Waals surface area contributed by atoms with E-state index in [-0.39, 0.29) is 11.6 Å². The van der Waals surface area contributed by atoms with Crippen LogP contribution in [-0.4, -0.2) is 77.1 Å². The van der Waals surface area contributed by atoms with Gasteiger partial charge in [0.15, 0.2) is 5.69 Å². The van der Waals surface area contributed by atoms with Crippen molar-refractivity contribution in [2.45, 2.75) is 38.1 Å². The third kappa shape index (κ3) is 5.34. The number of anilines is 3. The number of pyridine rings is 2. The number of hydrogen-bond acceptors (Lipinski definition) is 8. The number of nitrogens with one attached hydrogen (secondary N) is 2. The van der Waals surface area contributed by atoms with E-state index in [4.69, 9.17) is 10.1 Å². The third-order valence-electron chi connectivity index (χ3n) is 7.33. The van der Waals surface area contributed by atoms with Crippen LogP contribution < -0.4 is 10.2 Å². The van der Waals surface area contributed by atoms with E-state index in [0.717, 1.165) is 77.2 Å². The number of ether oxygens (including phenoxy) is 1. The second-order valence-corrected chi connectivity index (χ2v) is 10.2. The molecule has 10 heteroatoms. The minimum absolute atomic E-state index is 0.0297. The fourth-order valence-corrected chi connectivity index (χ4v) is 5.50. The molecule has 1 aliphatic carbocycles. The first kappa shape index (κ1) is 24.1. The van der Waals surface area contributed by atoms with Gasteiger partial charge < -0.3 is 25.5 Å². The Morgan fingerprint density at radius 3 is 2.49 bits per heavy atom. The van der Waals surface area contributed by atoms with E-state index < -0.39 is 5.97 Å². The Morgan fingerprint density at radius 2 is 1.86 bits per heavy atom. The number of hydrogen-bond donors (Lipinski definition) is 3. The Bertz CT molecular complexity index is 1090. The number of aromatic nitrogens is 2. The molecule has 3 aliphatic rings. The lowest BCUT2D eigenvalue weighted by Gasteiger charge is -2.41. The lowest BCUT2D eigenvalue weighted by atomic mass is 9.79. The van der Waals surface area contributed by atoms with E-state index in [9.17, 15) is 9.90 Å². The summed E-state index contributed by atoms with van der Waals surface area (Å²) in [5.74, 6) is 0.0290. The van der Waals surface area contributed by atoms with Crippen LogP contribution in [0.3, 0.4) is 0 Å². The van der Waals surface area contributed by atoms with Gasteiger partial charge in [-0.25, -0.2) is 14.8 Å². The maximum absolute atomic E-state index is 12.0. The molecule has 186 valence electrons. The van der Waals surface area contributed by atoms with Gasteiger partial charge in [-0.2, -0.15) is 0 Å². The van der Waals surface area contributed by atoms with Crippen molar-refractivity contribution in [3.63, 3.8) is 0 Å². The van der Waals surface area contributed by atoms with Crippen molar-refractivity contribution in [2.75, 3.05) is 49.6 Å². The van der Waals surface area contributed by atoms with E-state index in [2.05, 4.69) is 41.0 Å². The number of piperidine rings is 1. The summed E-state index contributed by atoms with van der Waals surface area (Å²) in [5.41, 5.74) is 1.99. The van der Waals surface area contributed by atoms with Crippen LogP contribution in [0, 0.1) is 11.3 Å². The van der Waals surface area contributed by atoms with Crippen LogP contribution in [0.5, 0.6) is 0 Å². The highest BCUT2D eigenvalue weighted by Gasteiger charge is 2.32. The Kier molecular flexibility index (Phi) is 7.31. The van der Waals surface area contributed by atoms with Crippen molar-refractivity contribution in [3.05, 3.63) is 40.1 Å². The van der Waals surface area contributed by atoms with E-state index in [1.165, 1.54) is 0 Å². The molecule has 2 aromatic rings. The summed E-state index contributed by atoms with van der Waals surface area (Å²) in [5, 5.41) is 22.1. The van der Waals surface area contributed by atoms with Gasteiger partial charge in [-0.1, -0.05) is 12.5 Å². The first-order valence-electron chi connectivity index (χ1n) is 12.3. The van der Waals surface area contributed by atoms with Gasteiger partial charge in [-0.05, 0) is 59.8 Å². The van der Waals surface area contributed by atoms with E-state index in [1.54, 1.807) is 6.07 Å². The van der Waals surface area contributed by atoms with Gasteiger partial charge in [-0.15, -0.1) is 0 Å². The van der Waals surface area contributed by atoms with E-state index >= 15 is 0 Å². The molecule has 2 aliphatic heterocycles. The molecule has 2 aromatic heterocycles. The normalized spacial score (nSPS) is 19.9. The summed E-state index contributed by atoms with van der Waals surface area (Å²) < 4.78 is 6.18. The summed E-state index contributed by atoms with van der Waals surface area (Å²) in [6, 6.07) is 7.65. The van der Waals surface area contributed by atoms with Crippen molar-refractivity contribution in [3.8, 4) is 0 Å². The number of carboxylic acids is 1. The lowest BCUT2D eigenvalue weighted by molar-refractivity contribution is 0.0115. The van der Waals surface area contributed by atoms with Gasteiger partial charge >= 0.3 is 5.97 Å². The van der Waals surface area contributed by atoms with Crippen molar-refractivity contribution < 1.29 is 14.6 Å². The zero-order valence-corrected chi connectivity index (χ0v) is 21.3. The minimum atomic E-state index is -1.08. The zero-order valence-electron chi connectivity index (χ0n) is 19.7. The second kappa shape index (κ2) is 10.6. The maximum atomic E-state index is 12.0. The highest BCUT2D eigenvalue weighted by atomic mass is 79.9. The van der Waals surface area contributed by atoms with Gasteiger partial charge in [0.25, 0.3) is 0 Å². The number of carboxylic acid groups (broad SMARTS) is 1. The second-order valence-electron chi connectivity index (χ2n) is 9.43. The molecule has 3 fully saturated rings. The fourth-order valence-electron chi connectivity index (χ4n) is 5.16. The molecule has 0 radical (unpaired) electrons. The highest BCUT2D eigenvalue weighted by Crippen LogP contribution is 2.38. The number of morpholine rings is 1. The predicted molar refractivity (Wildman–Crippen MR) is 138 cm³/mol. The molecular weight excluding hydrogens is 512 g/mol. The van der Waals surface area contributed by atoms with Gasteiger partial charge in [0.05, 0.1) is 24.5 Å². The molecule has 5 rings (SSSR count). The van der Waals surface area contributed by atoms with Crippen molar-refractivity contribution in [1.82, 2.24) is 14.9 Å². The molecule has 2 saturated heterocycles. The number of aromatic carboxylic acids is 1. The van der Waals surface area contributed by atoms with Gasteiger partial charge in [0, 0.05) is 43.9 Å². The first-order valence-corrected chi connectivity index (χ1v) is 13.1. The Hall–Kier alpha value is -2.56. The summed E-state index contributed by atoms with van der Waals surface area (Å²) in [6.07, 6.45) is 5.07. The van der Waals surface area contributed by atoms with Crippen LogP contribution in [0.2, 0.25) is 0 Å². The van der Waals surface area contributed by atoms with Crippen LogP contribution in [0.4, 0.5) is 17.3 Å². The molecule has 0 aromatic carbocycles. The molecule has 3 N–H and O–H groups in total. The Morgan fingerprint density at radius 1 is 1.11 bits per heavy atom. The molecule has 1 saturated carbocycles. The molecule has 0 unspecified atom stereocenters. The summed E-state index contributed by atoms with van der Waals surface area (Å²) in [6.45, 7) is 5.12. The maximum Gasteiger partial charge on any atom is 0.354 e. The average Bonchev–Trinajstić information content (AvgIpc) is 2.83. The molecule has 35 heavy (non-hydrogen) atoms. The van der Waals surface area contributed by atoms with Gasteiger partial charge in [-0.3, -0.25) is 4.90 Å². The average molecular weight is 543 g/mol. The summed E-state index contributed by atoms with van der Waals surface area (Å²) in [4.78, 5) is 25.7. The molecular formula is C25H31BrN6O3. The van der Waals surface area contributed by atoms with Gasteiger partial charge in [0.1, 0.15) is 16.2 Å². The molecule has 9 nitrogen and oxygen atoms in total. The summed E-state index contributed by atoms with van der Waals surface area (Å²) >= 11 is 3.39. The number of nitrogens with zero attached hydrogens (tertiary/aromatic N) is 4. The standard InChI is InChI=1S/C25H31BrN6O3/c26-20-5-2-6-21(29-20)30-24-22(23(27)16-3-1-4-16)19(15-18(28-24)25(33)34)32-9-7-17(8-10-32)31-11-13-35-14-12-31/h2,5-6,15-17,27H,1,3-4,7-14H2,(H,33,34)(H,28,29,30). The molecule has 0 spiro atoms. The fraction of sp³-hybridized carbons (Fsp3) is 0.520. The molecule has 0 amide bonds. The van der Waals surface area contributed by atoms with Crippen molar-refractivity contribution >= 4 is 44.9 Å². The van der Waals surface area contributed by atoms with Crippen LogP contribution in [0.1, 0.15) is 48.2 Å². The Labute approximate surface area is 213 Å². The molecule has 4 heterocycles. The van der Waals surface area contributed by atoms with Crippen LogP contribution in [-0.2, 0) is 4.74 Å². The minimum Gasteiger partial charge on any atom is -0.477 e. The van der Waals surface area contributed by atoms with E-state index in [0.29, 0.717) is 33.6 Å². The SMILES string of the molecule is N=C(c1c(N2CCC(N3CCOCC3)CC2)cc(C(=O)O)nc1Nc1cccc(Br)n1)C1CCC1. The molecule has 0 bridgehead atoms.